The Balaban J connectivity index is 0. The Morgan fingerprint density at radius 2 is 1.70 bits per heavy atom. The van der Waals surface area contributed by atoms with Crippen LogP contribution in [0.5, 0.6) is 0 Å². The van der Waals surface area contributed by atoms with Crippen LogP contribution in [0.15, 0.2) is 4.99 Å². The van der Waals surface area contributed by atoms with E-state index in [1.807, 2.05) is 27.7 Å². The fourth-order valence-corrected chi connectivity index (χ4v) is 2.00. The summed E-state index contributed by atoms with van der Waals surface area (Å²) in [7, 11) is 0. The topological polar surface area (TPSA) is 68.8 Å². The molecule has 0 aliphatic carbocycles. The van der Waals surface area contributed by atoms with Crippen LogP contribution < -0.4 is 16.0 Å². The number of carbonyl (C=O) groups is 1. The molecule has 23 heavy (non-hydrogen) atoms. The van der Waals surface area contributed by atoms with Crippen LogP contribution in [-0.4, -0.2) is 61.6 Å². The molecule has 0 saturated carbocycles. The van der Waals surface area contributed by atoms with Crippen molar-refractivity contribution in [1.29, 1.82) is 0 Å². The normalized spacial score (nSPS) is 11.9. The van der Waals surface area contributed by atoms with Gasteiger partial charge in [0, 0.05) is 18.6 Å². The van der Waals surface area contributed by atoms with Crippen LogP contribution in [0.25, 0.3) is 0 Å². The Morgan fingerprint density at radius 1 is 1.09 bits per heavy atom. The predicted molar refractivity (Wildman–Crippen MR) is 110 cm³/mol. The molecule has 0 atom stereocenters. The molecule has 0 aromatic heterocycles. The highest BCUT2D eigenvalue weighted by atomic mass is 127. The van der Waals surface area contributed by atoms with E-state index in [1.54, 1.807) is 0 Å². The van der Waals surface area contributed by atoms with E-state index in [0.29, 0.717) is 5.96 Å². The van der Waals surface area contributed by atoms with E-state index in [0.717, 1.165) is 39.1 Å². The summed E-state index contributed by atoms with van der Waals surface area (Å²) in [4.78, 5) is 18.5. The number of hydrogen-bond donors (Lipinski definition) is 3. The van der Waals surface area contributed by atoms with Crippen molar-refractivity contribution in [2.24, 2.45) is 4.99 Å². The fraction of sp³-hybridized carbons (Fsp3) is 0.875. The fourth-order valence-electron chi connectivity index (χ4n) is 2.00. The first-order chi connectivity index (χ1) is 10.3. The first-order valence-electron chi connectivity index (χ1n) is 8.37. The number of nitrogens with zero attached hydrogens (tertiary/aromatic N) is 2. The van der Waals surface area contributed by atoms with E-state index in [1.165, 1.54) is 0 Å². The van der Waals surface area contributed by atoms with Gasteiger partial charge in [0.05, 0.1) is 0 Å². The van der Waals surface area contributed by atoms with Crippen molar-refractivity contribution in [3.63, 3.8) is 0 Å². The molecule has 0 rings (SSSR count). The second kappa shape index (κ2) is 13.8. The summed E-state index contributed by atoms with van der Waals surface area (Å²) in [6.45, 7) is 17.3. The molecule has 0 heterocycles. The van der Waals surface area contributed by atoms with Gasteiger partial charge in [-0.15, -0.1) is 24.0 Å². The van der Waals surface area contributed by atoms with Gasteiger partial charge in [0.1, 0.15) is 6.54 Å². The Kier molecular flexibility index (Phi) is 14.8. The number of rotatable bonds is 9. The summed E-state index contributed by atoms with van der Waals surface area (Å²) >= 11 is 0. The van der Waals surface area contributed by atoms with Gasteiger partial charge in [0.2, 0.25) is 5.91 Å². The zero-order valence-electron chi connectivity index (χ0n) is 15.7. The maximum Gasteiger partial charge on any atom is 0.242 e. The summed E-state index contributed by atoms with van der Waals surface area (Å²) in [5, 5.41) is 9.34. The minimum absolute atomic E-state index is 0. The summed E-state index contributed by atoms with van der Waals surface area (Å²) in [5.74, 6) is 0.638. The molecule has 0 radical (unpaired) electrons. The van der Waals surface area contributed by atoms with Gasteiger partial charge in [-0.25, -0.2) is 4.99 Å². The highest BCUT2D eigenvalue weighted by Gasteiger charge is 2.13. The predicted octanol–water partition coefficient (Wildman–Crippen LogP) is 1.81. The highest BCUT2D eigenvalue weighted by Crippen LogP contribution is 1.97. The second-order valence-corrected chi connectivity index (χ2v) is 6.30. The van der Waals surface area contributed by atoms with E-state index in [-0.39, 0.29) is 42.0 Å². The third-order valence-electron chi connectivity index (χ3n) is 3.08. The summed E-state index contributed by atoms with van der Waals surface area (Å²) in [5.41, 5.74) is -0.220. The molecule has 0 bridgehead atoms. The van der Waals surface area contributed by atoms with E-state index in [9.17, 15) is 4.79 Å². The number of guanidine groups is 1. The van der Waals surface area contributed by atoms with Crippen molar-refractivity contribution < 1.29 is 4.79 Å². The Bertz CT molecular complexity index is 338. The molecule has 0 unspecified atom stereocenters. The van der Waals surface area contributed by atoms with Crippen LogP contribution in [0.1, 0.15) is 48.0 Å². The molecular weight excluding hydrogens is 405 g/mol. The minimum Gasteiger partial charge on any atom is -0.357 e. The molecule has 0 fully saturated rings. The molecule has 0 aliphatic heterocycles. The van der Waals surface area contributed by atoms with Gasteiger partial charge in [-0.2, -0.15) is 0 Å². The number of nitrogens with one attached hydrogen (secondary N) is 3. The van der Waals surface area contributed by atoms with Gasteiger partial charge in [-0.05, 0) is 53.8 Å². The molecule has 0 aliphatic rings. The molecule has 0 spiro atoms. The number of amides is 1. The van der Waals surface area contributed by atoms with Crippen molar-refractivity contribution in [2.45, 2.75) is 53.5 Å². The summed E-state index contributed by atoms with van der Waals surface area (Å²) in [6.07, 6.45) is 1.06. The van der Waals surface area contributed by atoms with Crippen LogP contribution in [0.4, 0.5) is 0 Å². The van der Waals surface area contributed by atoms with E-state index in [2.05, 4.69) is 39.7 Å². The first kappa shape index (κ1) is 24.7. The average Bonchev–Trinajstić information content (AvgIpc) is 2.43. The summed E-state index contributed by atoms with van der Waals surface area (Å²) < 4.78 is 0. The maximum atomic E-state index is 11.8. The van der Waals surface area contributed by atoms with Gasteiger partial charge >= 0.3 is 0 Å². The molecule has 0 aromatic rings. The maximum absolute atomic E-state index is 11.8. The lowest BCUT2D eigenvalue weighted by Crippen LogP contribution is -2.43. The molecule has 1 amide bonds. The first-order valence-corrected chi connectivity index (χ1v) is 8.37. The molecule has 6 nitrogen and oxygen atoms in total. The van der Waals surface area contributed by atoms with Gasteiger partial charge in [0.15, 0.2) is 5.96 Å². The van der Waals surface area contributed by atoms with Crippen molar-refractivity contribution in [1.82, 2.24) is 20.9 Å². The summed E-state index contributed by atoms with van der Waals surface area (Å²) in [6, 6.07) is 0. The lowest BCUT2D eigenvalue weighted by molar-refractivity contribution is -0.121. The number of hydrogen-bond acceptors (Lipinski definition) is 3. The average molecular weight is 441 g/mol. The quantitative estimate of drug-likeness (QED) is 0.221. The zero-order valence-corrected chi connectivity index (χ0v) is 18.0. The van der Waals surface area contributed by atoms with E-state index in [4.69, 9.17) is 0 Å². The van der Waals surface area contributed by atoms with Gasteiger partial charge in [-0.1, -0.05) is 13.8 Å². The smallest absolute Gasteiger partial charge is 0.242 e. The van der Waals surface area contributed by atoms with Crippen LogP contribution in [-0.2, 0) is 4.79 Å². The number of carbonyl (C=O) groups excluding carboxylic acids is 1. The van der Waals surface area contributed by atoms with Gasteiger partial charge in [-0.3, -0.25) is 4.79 Å². The van der Waals surface area contributed by atoms with Crippen LogP contribution in [0, 0.1) is 0 Å². The van der Waals surface area contributed by atoms with Gasteiger partial charge in [0.25, 0.3) is 0 Å². The largest absolute Gasteiger partial charge is 0.357 e. The zero-order chi connectivity index (χ0) is 17.0. The number of aliphatic imine (C=N–C) groups is 1. The third kappa shape index (κ3) is 14.7. The molecule has 138 valence electrons. The second-order valence-electron chi connectivity index (χ2n) is 6.30. The Labute approximate surface area is 159 Å². The minimum atomic E-state index is -0.220. The SMILES string of the molecule is CCNC(=NCC(=O)NC(C)(C)C)NCCCN(CC)CC.I. The van der Waals surface area contributed by atoms with Crippen molar-refractivity contribution in [3.05, 3.63) is 0 Å². The molecule has 7 heteroatoms. The van der Waals surface area contributed by atoms with Crippen molar-refractivity contribution in [2.75, 3.05) is 39.3 Å². The molecular formula is C16H36IN5O. The molecule has 0 aromatic carbocycles. The lowest BCUT2D eigenvalue weighted by Gasteiger charge is -2.20. The highest BCUT2D eigenvalue weighted by molar-refractivity contribution is 14.0. The molecule has 0 saturated heterocycles. The van der Waals surface area contributed by atoms with E-state index < -0.39 is 0 Å². The monoisotopic (exact) mass is 441 g/mol. The van der Waals surface area contributed by atoms with Crippen LogP contribution in [0.2, 0.25) is 0 Å². The van der Waals surface area contributed by atoms with Crippen molar-refractivity contribution >= 4 is 35.8 Å². The molecule has 3 N–H and O–H groups in total. The third-order valence-corrected chi connectivity index (χ3v) is 3.08. The number of halogens is 1. The lowest BCUT2D eigenvalue weighted by atomic mass is 10.1. The van der Waals surface area contributed by atoms with E-state index >= 15 is 0 Å². The Hall–Kier alpha value is -0.570. The van der Waals surface area contributed by atoms with Gasteiger partial charge < -0.3 is 20.9 Å². The van der Waals surface area contributed by atoms with Crippen LogP contribution >= 0.6 is 24.0 Å². The standard InChI is InChI=1S/C16H35N5O.HI/c1-7-17-15(18-11-10-12-21(8-2)9-3)19-13-14(22)20-16(4,5)6;/h7-13H2,1-6H3,(H,20,22)(H2,17,18,19);1H. The van der Waals surface area contributed by atoms with Crippen LogP contribution in [0.3, 0.4) is 0 Å². The van der Waals surface area contributed by atoms with Crippen molar-refractivity contribution in [3.8, 4) is 0 Å². The Morgan fingerprint density at radius 3 is 2.17 bits per heavy atom.